The Hall–Kier alpha value is -3.07. The van der Waals surface area contributed by atoms with Crippen molar-refractivity contribution in [1.29, 1.82) is 0 Å². The Morgan fingerprint density at radius 2 is 1.79 bits per heavy atom. The lowest BCUT2D eigenvalue weighted by Gasteiger charge is -2.33. The van der Waals surface area contributed by atoms with Gasteiger partial charge < -0.3 is 15.0 Å². The van der Waals surface area contributed by atoms with Gasteiger partial charge in [-0.05, 0) is 55.9 Å². The Morgan fingerprint density at radius 1 is 1.08 bits per heavy atom. The van der Waals surface area contributed by atoms with E-state index in [9.17, 15) is 18.0 Å². The summed E-state index contributed by atoms with van der Waals surface area (Å²) >= 11 is 0. The third-order valence-electron chi connectivity index (χ3n) is 7.43. The molecule has 1 N–H and O–H groups in total. The van der Waals surface area contributed by atoms with Crippen LogP contribution >= 0.6 is 0 Å². The van der Waals surface area contributed by atoms with Crippen molar-refractivity contribution in [1.82, 2.24) is 10.2 Å². The van der Waals surface area contributed by atoms with Gasteiger partial charge in [-0.2, -0.15) is 0 Å². The number of carbonyl (C=O) groups is 2. The Labute approximate surface area is 233 Å². The first kappa shape index (κ1) is 30.5. The van der Waals surface area contributed by atoms with Crippen LogP contribution in [-0.2, 0) is 26.2 Å². The van der Waals surface area contributed by atoms with Crippen molar-refractivity contribution in [3.63, 3.8) is 0 Å². The van der Waals surface area contributed by atoms with Crippen LogP contribution in [0.1, 0.15) is 69.4 Å². The summed E-state index contributed by atoms with van der Waals surface area (Å²) in [4.78, 5) is 28.8. The summed E-state index contributed by atoms with van der Waals surface area (Å²) in [5, 5.41) is 3.20. The van der Waals surface area contributed by atoms with E-state index in [-0.39, 0.29) is 30.8 Å². The number of aryl methyl sites for hydroxylation is 1. The molecule has 1 aliphatic carbocycles. The molecule has 1 saturated carbocycles. The predicted molar refractivity (Wildman–Crippen MR) is 155 cm³/mol. The highest BCUT2D eigenvalue weighted by Gasteiger charge is 2.30. The number of rotatable bonds is 13. The van der Waals surface area contributed by atoms with Gasteiger partial charge in [-0.25, -0.2) is 8.42 Å². The van der Waals surface area contributed by atoms with Crippen molar-refractivity contribution < 1.29 is 22.7 Å². The van der Waals surface area contributed by atoms with E-state index < -0.39 is 16.1 Å². The van der Waals surface area contributed by atoms with E-state index >= 15 is 0 Å². The van der Waals surface area contributed by atoms with Gasteiger partial charge in [0.25, 0.3) is 0 Å². The number of methoxy groups -OCH3 is 1. The number of hydrogen-bond donors (Lipinski definition) is 1. The van der Waals surface area contributed by atoms with Crippen molar-refractivity contribution in [2.75, 3.05) is 24.2 Å². The maximum atomic E-state index is 13.7. The second kappa shape index (κ2) is 14.4. The molecule has 0 spiro atoms. The fourth-order valence-corrected chi connectivity index (χ4v) is 6.16. The molecule has 8 nitrogen and oxygen atoms in total. The molecule has 1 fully saturated rings. The molecule has 0 aliphatic heterocycles. The maximum absolute atomic E-state index is 13.7. The first-order chi connectivity index (χ1) is 18.6. The summed E-state index contributed by atoms with van der Waals surface area (Å²) in [7, 11) is -2.05. The molecule has 0 saturated heterocycles. The standard InChI is InChI=1S/C30H43N3O5S/c1-5-28(30(35)31-25-15-7-6-8-16-25)32(22-24-14-10-9-13-23(24)2)29(34)19-12-20-33(39(4,36)37)26-17-11-18-27(21-26)38-3/h9-11,13-14,17-18,21,25,28H,5-8,12,15-16,19-20,22H2,1-4H3,(H,31,35)/t28-/m0/s1. The molecule has 0 bridgehead atoms. The van der Waals surface area contributed by atoms with Crippen LogP contribution in [0, 0.1) is 6.92 Å². The van der Waals surface area contributed by atoms with Crippen LogP contribution in [-0.4, -0.2) is 57.1 Å². The van der Waals surface area contributed by atoms with Gasteiger partial charge >= 0.3 is 0 Å². The van der Waals surface area contributed by atoms with Gasteiger partial charge in [-0.15, -0.1) is 0 Å². The van der Waals surface area contributed by atoms with Crippen LogP contribution < -0.4 is 14.4 Å². The summed E-state index contributed by atoms with van der Waals surface area (Å²) in [5.41, 5.74) is 2.53. The fraction of sp³-hybridized carbons (Fsp3) is 0.533. The van der Waals surface area contributed by atoms with E-state index in [1.807, 2.05) is 38.1 Å². The van der Waals surface area contributed by atoms with Crippen molar-refractivity contribution in [2.24, 2.45) is 0 Å². The molecule has 0 heterocycles. The first-order valence-electron chi connectivity index (χ1n) is 13.9. The average molecular weight is 558 g/mol. The topological polar surface area (TPSA) is 96.0 Å². The summed E-state index contributed by atoms with van der Waals surface area (Å²) in [6.07, 6.45) is 7.44. The van der Waals surface area contributed by atoms with Gasteiger partial charge in [0.2, 0.25) is 21.8 Å². The quantitative estimate of drug-likeness (QED) is 0.382. The molecular weight excluding hydrogens is 514 g/mol. The van der Waals surface area contributed by atoms with Crippen LogP contribution in [0.25, 0.3) is 0 Å². The number of nitrogens with one attached hydrogen (secondary N) is 1. The number of amides is 2. The Morgan fingerprint density at radius 3 is 2.44 bits per heavy atom. The number of anilines is 1. The van der Waals surface area contributed by atoms with Crippen LogP contribution in [0.3, 0.4) is 0 Å². The minimum atomic E-state index is -3.58. The highest BCUT2D eigenvalue weighted by Crippen LogP contribution is 2.24. The number of nitrogens with zero attached hydrogens (tertiary/aromatic N) is 2. The van der Waals surface area contributed by atoms with E-state index in [0.29, 0.717) is 30.8 Å². The number of ether oxygens (including phenoxy) is 1. The lowest BCUT2D eigenvalue weighted by molar-refractivity contribution is -0.141. The molecule has 1 atom stereocenters. The number of carbonyl (C=O) groups excluding carboxylic acids is 2. The third-order valence-corrected chi connectivity index (χ3v) is 8.63. The van der Waals surface area contributed by atoms with Crippen molar-refractivity contribution in [2.45, 2.75) is 83.8 Å². The molecule has 214 valence electrons. The summed E-state index contributed by atoms with van der Waals surface area (Å²) in [6, 6.07) is 14.3. The van der Waals surface area contributed by atoms with Gasteiger partial charge in [-0.1, -0.05) is 56.5 Å². The Balaban J connectivity index is 1.77. The van der Waals surface area contributed by atoms with E-state index in [1.54, 1.807) is 29.2 Å². The molecule has 3 rings (SSSR count). The zero-order valence-electron chi connectivity index (χ0n) is 23.7. The zero-order valence-corrected chi connectivity index (χ0v) is 24.5. The Kier molecular flexibility index (Phi) is 11.2. The van der Waals surface area contributed by atoms with Gasteiger partial charge in [0, 0.05) is 31.6 Å². The smallest absolute Gasteiger partial charge is 0.243 e. The molecular formula is C30H43N3O5S. The van der Waals surface area contributed by atoms with Crippen LogP contribution in [0.5, 0.6) is 5.75 Å². The average Bonchev–Trinajstić information content (AvgIpc) is 2.91. The highest BCUT2D eigenvalue weighted by atomic mass is 32.2. The minimum Gasteiger partial charge on any atom is -0.497 e. The van der Waals surface area contributed by atoms with Crippen LogP contribution in [0.15, 0.2) is 48.5 Å². The molecule has 0 radical (unpaired) electrons. The molecule has 9 heteroatoms. The third kappa shape index (κ3) is 8.71. The van der Waals surface area contributed by atoms with E-state index in [2.05, 4.69) is 5.32 Å². The van der Waals surface area contributed by atoms with Gasteiger partial charge in [0.15, 0.2) is 0 Å². The molecule has 0 unspecified atom stereocenters. The normalized spacial score (nSPS) is 14.9. The highest BCUT2D eigenvalue weighted by molar-refractivity contribution is 7.92. The lowest BCUT2D eigenvalue weighted by atomic mass is 9.95. The second-order valence-electron chi connectivity index (χ2n) is 10.4. The molecule has 2 aromatic carbocycles. The number of hydrogen-bond acceptors (Lipinski definition) is 5. The summed E-state index contributed by atoms with van der Waals surface area (Å²) < 4.78 is 31.7. The fourth-order valence-electron chi connectivity index (χ4n) is 5.20. The molecule has 39 heavy (non-hydrogen) atoms. The summed E-state index contributed by atoms with van der Waals surface area (Å²) in [6.45, 7) is 4.39. The maximum Gasteiger partial charge on any atom is 0.243 e. The number of sulfonamides is 1. The van der Waals surface area contributed by atoms with Gasteiger partial charge in [0.05, 0.1) is 19.1 Å². The second-order valence-corrected chi connectivity index (χ2v) is 12.3. The zero-order chi connectivity index (χ0) is 28.4. The predicted octanol–water partition coefficient (Wildman–Crippen LogP) is 4.81. The van der Waals surface area contributed by atoms with Gasteiger partial charge in [-0.3, -0.25) is 13.9 Å². The molecule has 0 aromatic heterocycles. The monoisotopic (exact) mass is 557 g/mol. The van der Waals surface area contributed by atoms with Gasteiger partial charge in [0.1, 0.15) is 11.8 Å². The molecule has 2 amide bonds. The SMILES string of the molecule is CC[C@@H](C(=O)NC1CCCCC1)N(Cc1ccccc1C)C(=O)CCCN(c1cccc(OC)c1)S(C)(=O)=O. The van der Waals surface area contributed by atoms with E-state index in [0.717, 1.165) is 43.1 Å². The number of benzene rings is 2. The van der Waals surface area contributed by atoms with Crippen LogP contribution in [0.2, 0.25) is 0 Å². The first-order valence-corrected chi connectivity index (χ1v) is 15.7. The van der Waals surface area contributed by atoms with Crippen molar-refractivity contribution in [3.8, 4) is 5.75 Å². The largest absolute Gasteiger partial charge is 0.497 e. The molecule has 2 aromatic rings. The summed E-state index contributed by atoms with van der Waals surface area (Å²) in [5.74, 6) is 0.278. The molecule has 1 aliphatic rings. The van der Waals surface area contributed by atoms with E-state index in [1.165, 1.54) is 17.8 Å². The Bertz CT molecular complexity index is 1210. The van der Waals surface area contributed by atoms with E-state index in [4.69, 9.17) is 4.74 Å². The lowest BCUT2D eigenvalue weighted by Crippen LogP contribution is -2.51. The van der Waals surface area contributed by atoms with Crippen molar-refractivity contribution >= 4 is 27.5 Å². The van der Waals surface area contributed by atoms with Crippen molar-refractivity contribution in [3.05, 3.63) is 59.7 Å². The van der Waals surface area contributed by atoms with Crippen LogP contribution in [0.4, 0.5) is 5.69 Å². The minimum absolute atomic E-state index is 0.111.